The van der Waals surface area contributed by atoms with Crippen molar-refractivity contribution in [2.45, 2.75) is 56.7 Å². The zero-order valence-electron chi connectivity index (χ0n) is 21.3. The minimum Gasteiger partial charge on any atom is -0.0909 e. The van der Waals surface area contributed by atoms with Gasteiger partial charge in [-0.05, 0) is 79.6 Å². The van der Waals surface area contributed by atoms with Crippen molar-refractivity contribution in [1.29, 1.82) is 0 Å². The van der Waals surface area contributed by atoms with Crippen LogP contribution in [0.4, 0.5) is 0 Å². The third-order valence-electron chi connectivity index (χ3n) is 7.07. The summed E-state index contributed by atoms with van der Waals surface area (Å²) >= 11 is 14.5. The zero-order valence-corrected chi connectivity index (χ0v) is 22.9. The second kappa shape index (κ2) is 8.26. The Kier molecular flexibility index (Phi) is 5.70. The van der Waals surface area contributed by atoms with E-state index in [0.29, 0.717) is 0 Å². The molecule has 0 bridgehead atoms. The molecule has 0 atom stereocenters. The molecule has 0 saturated heterocycles. The van der Waals surface area contributed by atoms with Crippen LogP contribution in [0.3, 0.4) is 0 Å². The third kappa shape index (κ3) is 4.11. The average molecular weight is 500 g/mol. The van der Waals surface area contributed by atoms with E-state index in [0.717, 1.165) is 22.3 Å². The monoisotopic (exact) mass is 498 g/mol. The van der Waals surface area contributed by atoms with Crippen LogP contribution in [0.1, 0.15) is 63.8 Å². The molecule has 0 heterocycles. The van der Waals surface area contributed by atoms with Gasteiger partial charge < -0.3 is 0 Å². The van der Waals surface area contributed by atoms with E-state index in [1.165, 1.54) is 33.4 Å². The molecule has 4 aromatic rings. The lowest BCUT2D eigenvalue weighted by Crippen LogP contribution is -2.15. The van der Waals surface area contributed by atoms with E-state index in [9.17, 15) is 0 Å². The summed E-state index contributed by atoms with van der Waals surface area (Å²) in [5.41, 5.74) is 11.5. The van der Waals surface area contributed by atoms with Gasteiger partial charge in [-0.1, -0.05) is 125 Å². The number of fused-ring (bicyclic) bond motifs is 3. The number of hydrogen-bond acceptors (Lipinski definition) is 0. The van der Waals surface area contributed by atoms with Crippen LogP contribution < -0.4 is 0 Å². The highest BCUT2D eigenvalue weighted by Crippen LogP contribution is 2.58. The van der Waals surface area contributed by atoms with Crippen LogP contribution >= 0.6 is 23.2 Å². The van der Waals surface area contributed by atoms with Crippen LogP contribution in [-0.2, 0) is 15.2 Å². The van der Waals surface area contributed by atoms with E-state index in [2.05, 4.69) is 126 Å². The predicted octanol–water partition coefficient (Wildman–Crippen LogP) is 10.3. The predicted molar refractivity (Wildman–Crippen MR) is 153 cm³/mol. The topological polar surface area (TPSA) is 0 Å². The fourth-order valence-electron chi connectivity index (χ4n) is 5.26. The number of alkyl halides is 2. The Morgan fingerprint density at radius 1 is 0.486 bits per heavy atom. The first kappa shape index (κ1) is 24.2. The van der Waals surface area contributed by atoms with E-state index < -0.39 is 4.33 Å². The maximum absolute atomic E-state index is 7.25. The summed E-state index contributed by atoms with van der Waals surface area (Å²) in [5.74, 6) is 0. The smallest absolute Gasteiger partial charge is 0.0909 e. The second-order valence-electron chi connectivity index (χ2n) is 11.7. The number of hydrogen-bond donors (Lipinski definition) is 0. The zero-order chi connectivity index (χ0) is 25.2. The van der Waals surface area contributed by atoms with Crippen molar-refractivity contribution in [1.82, 2.24) is 0 Å². The van der Waals surface area contributed by atoms with Crippen LogP contribution in [-0.4, -0.2) is 0 Å². The molecule has 0 radical (unpaired) electrons. The summed E-state index contributed by atoms with van der Waals surface area (Å²) in [7, 11) is 0. The highest BCUT2D eigenvalue weighted by molar-refractivity contribution is 6.51. The van der Waals surface area contributed by atoms with Crippen LogP contribution in [0.2, 0.25) is 0 Å². The first-order valence-electron chi connectivity index (χ1n) is 12.3. The molecule has 4 aromatic carbocycles. The van der Waals surface area contributed by atoms with E-state index in [1.807, 2.05) is 0 Å². The molecule has 35 heavy (non-hydrogen) atoms. The lowest BCUT2D eigenvalue weighted by atomic mass is 9.78. The molecule has 0 saturated carbocycles. The summed E-state index contributed by atoms with van der Waals surface area (Å²) in [4.78, 5) is 0. The maximum Gasteiger partial charge on any atom is 0.169 e. The Hall–Kier alpha value is -2.54. The molecule has 0 nitrogen and oxygen atoms in total. The van der Waals surface area contributed by atoms with Gasteiger partial charge in [0.15, 0.2) is 4.33 Å². The molecule has 178 valence electrons. The molecule has 0 aromatic heterocycles. The minimum absolute atomic E-state index is 0.0406. The fourth-order valence-corrected chi connectivity index (χ4v) is 5.89. The Bertz CT molecular complexity index is 1290. The van der Waals surface area contributed by atoms with Crippen molar-refractivity contribution >= 4 is 23.2 Å². The standard InChI is InChI=1S/C33H32Cl2/c1-31(2,3)27-19-25-26-20-28(32(4,5)6)24(22-15-11-8-12-16-22)18-30(26)33(34,35)29(25)17-23(27)21-13-9-7-10-14-21/h7-20H,1-6H3. The molecule has 0 unspecified atom stereocenters. The van der Waals surface area contributed by atoms with Crippen molar-refractivity contribution in [3.63, 3.8) is 0 Å². The van der Waals surface area contributed by atoms with Gasteiger partial charge in [-0.15, -0.1) is 0 Å². The Balaban J connectivity index is 1.83. The SMILES string of the molecule is CC(C)(C)c1cc2c(cc1-c1ccccc1)C(Cl)(Cl)c1cc(-c3ccccc3)c(C(C)(C)C)cc1-2. The van der Waals surface area contributed by atoms with Crippen LogP contribution in [0.15, 0.2) is 84.9 Å². The average Bonchev–Trinajstić information content (AvgIpc) is 3.03. The molecule has 5 rings (SSSR count). The Morgan fingerprint density at radius 3 is 1.14 bits per heavy atom. The van der Waals surface area contributed by atoms with Gasteiger partial charge >= 0.3 is 0 Å². The molecular weight excluding hydrogens is 467 g/mol. The Morgan fingerprint density at radius 2 is 0.829 bits per heavy atom. The summed E-state index contributed by atoms with van der Waals surface area (Å²) in [5, 5.41) is 0. The van der Waals surface area contributed by atoms with Gasteiger partial charge in [0.2, 0.25) is 0 Å². The number of halogens is 2. The molecule has 0 N–H and O–H groups in total. The fraction of sp³-hybridized carbons (Fsp3) is 0.273. The van der Waals surface area contributed by atoms with Gasteiger partial charge in [0.1, 0.15) is 0 Å². The first-order valence-corrected chi connectivity index (χ1v) is 13.0. The molecule has 1 aliphatic carbocycles. The highest BCUT2D eigenvalue weighted by atomic mass is 35.5. The maximum atomic E-state index is 7.25. The van der Waals surface area contributed by atoms with Gasteiger partial charge in [-0.25, -0.2) is 0 Å². The number of benzene rings is 4. The van der Waals surface area contributed by atoms with Crippen LogP contribution in [0.25, 0.3) is 33.4 Å². The molecular formula is C33H32Cl2. The van der Waals surface area contributed by atoms with Gasteiger partial charge in [0, 0.05) is 11.1 Å². The summed E-state index contributed by atoms with van der Waals surface area (Å²) in [6.45, 7) is 13.6. The van der Waals surface area contributed by atoms with Crippen molar-refractivity contribution in [3.8, 4) is 33.4 Å². The molecule has 0 fully saturated rings. The molecule has 0 amide bonds. The van der Waals surface area contributed by atoms with Gasteiger partial charge in [-0.2, -0.15) is 0 Å². The summed E-state index contributed by atoms with van der Waals surface area (Å²) < 4.78 is -1.12. The van der Waals surface area contributed by atoms with Gasteiger partial charge in [-0.3, -0.25) is 0 Å². The van der Waals surface area contributed by atoms with Crippen molar-refractivity contribution < 1.29 is 0 Å². The van der Waals surface area contributed by atoms with Crippen molar-refractivity contribution in [3.05, 3.63) is 107 Å². The van der Waals surface area contributed by atoms with Crippen molar-refractivity contribution in [2.24, 2.45) is 0 Å². The quantitative estimate of drug-likeness (QED) is 0.241. The lowest BCUT2D eigenvalue weighted by molar-refractivity contribution is 0.591. The van der Waals surface area contributed by atoms with Crippen LogP contribution in [0.5, 0.6) is 0 Å². The molecule has 0 spiro atoms. The van der Waals surface area contributed by atoms with Crippen molar-refractivity contribution in [2.75, 3.05) is 0 Å². The van der Waals surface area contributed by atoms with Gasteiger partial charge in [0.05, 0.1) is 0 Å². The normalized spacial score (nSPS) is 14.5. The lowest BCUT2D eigenvalue weighted by Gasteiger charge is -2.26. The molecule has 2 heteroatoms. The second-order valence-corrected chi connectivity index (χ2v) is 13.0. The summed E-state index contributed by atoms with van der Waals surface area (Å²) in [6.07, 6.45) is 0. The largest absolute Gasteiger partial charge is 0.169 e. The van der Waals surface area contributed by atoms with Crippen LogP contribution in [0, 0.1) is 0 Å². The first-order chi connectivity index (χ1) is 16.4. The summed E-state index contributed by atoms with van der Waals surface area (Å²) in [6, 6.07) is 30.2. The van der Waals surface area contributed by atoms with E-state index in [4.69, 9.17) is 23.2 Å². The molecule has 0 aliphatic heterocycles. The highest BCUT2D eigenvalue weighted by Gasteiger charge is 2.43. The third-order valence-corrected chi connectivity index (χ3v) is 7.88. The van der Waals surface area contributed by atoms with E-state index in [-0.39, 0.29) is 10.8 Å². The van der Waals surface area contributed by atoms with Gasteiger partial charge in [0.25, 0.3) is 0 Å². The minimum atomic E-state index is -1.12. The molecule has 1 aliphatic rings. The van der Waals surface area contributed by atoms with E-state index >= 15 is 0 Å². The van der Waals surface area contributed by atoms with E-state index in [1.54, 1.807) is 0 Å². The Labute approximate surface area is 219 Å². The number of rotatable bonds is 2.